The molecule has 0 bridgehead atoms. The lowest BCUT2D eigenvalue weighted by Crippen LogP contribution is -2.44. The number of aliphatic imine (C=N–C) groups is 1. The third kappa shape index (κ3) is 5.53. The molecule has 37 heavy (non-hydrogen) atoms. The summed E-state index contributed by atoms with van der Waals surface area (Å²) in [6, 6.07) is 7.03. The van der Waals surface area contributed by atoms with Crippen molar-refractivity contribution in [1.29, 1.82) is 0 Å². The van der Waals surface area contributed by atoms with E-state index in [0.717, 1.165) is 29.3 Å². The molecule has 0 aromatic heterocycles. The number of piperidine rings is 1. The van der Waals surface area contributed by atoms with Gasteiger partial charge in [0.25, 0.3) is 0 Å². The second-order valence-electron chi connectivity index (χ2n) is 8.98. The van der Waals surface area contributed by atoms with Crippen LogP contribution in [0.4, 0.5) is 0 Å². The lowest BCUT2D eigenvalue weighted by molar-refractivity contribution is -0.151. The summed E-state index contributed by atoms with van der Waals surface area (Å²) in [6.07, 6.45) is 2.16. The molecular weight excluding hydrogens is 494 g/mol. The Morgan fingerprint density at radius 2 is 1.89 bits per heavy atom. The molecule has 1 aromatic carbocycles. The van der Waals surface area contributed by atoms with E-state index in [9.17, 15) is 14.4 Å². The molecule has 1 fully saturated rings. The predicted octanol–water partition coefficient (Wildman–Crippen LogP) is 4.03. The van der Waals surface area contributed by atoms with Gasteiger partial charge in [0.15, 0.2) is 5.17 Å². The molecular formula is C27H33N3O6S. The molecule has 4 rings (SSSR count). The Bertz CT molecular complexity index is 1140. The SMILES string of the molecule is CCOC(=O)[C@@H]1CCCN(C(=O)CC2=CSC3=NC(CC)=C(C(=O)OC)[C@@H](c4ccc(OC)cc4)N23)C1. The van der Waals surface area contributed by atoms with E-state index in [1.54, 1.807) is 18.9 Å². The quantitative estimate of drug-likeness (QED) is 0.468. The van der Waals surface area contributed by atoms with Crippen LogP contribution in [0, 0.1) is 5.92 Å². The number of thioether (sulfide) groups is 1. The predicted molar refractivity (Wildman–Crippen MR) is 141 cm³/mol. The summed E-state index contributed by atoms with van der Waals surface area (Å²) >= 11 is 1.44. The van der Waals surface area contributed by atoms with E-state index in [1.165, 1.54) is 18.9 Å². The first kappa shape index (κ1) is 26.8. The number of nitrogens with zero attached hydrogens (tertiary/aromatic N) is 3. The summed E-state index contributed by atoms with van der Waals surface area (Å²) in [4.78, 5) is 47.2. The highest BCUT2D eigenvalue weighted by Crippen LogP contribution is 2.45. The first-order valence-electron chi connectivity index (χ1n) is 12.5. The Kier molecular flexibility index (Phi) is 8.58. The Labute approximate surface area is 221 Å². The number of rotatable bonds is 8. The van der Waals surface area contributed by atoms with Crippen LogP contribution < -0.4 is 4.74 Å². The molecule has 1 aromatic rings. The molecule has 1 saturated heterocycles. The Morgan fingerprint density at radius 3 is 2.54 bits per heavy atom. The van der Waals surface area contributed by atoms with Gasteiger partial charge >= 0.3 is 11.9 Å². The van der Waals surface area contributed by atoms with Gasteiger partial charge in [0.1, 0.15) is 5.75 Å². The number of fused-ring (bicyclic) bond motifs is 1. The van der Waals surface area contributed by atoms with Gasteiger partial charge in [-0.25, -0.2) is 9.79 Å². The van der Waals surface area contributed by atoms with Crippen molar-refractivity contribution in [2.45, 2.75) is 45.6 Å². The van der Waals surface area contributed by atoms with Crippen molar-refractivity contribution in [3.63, 3.8) is 0 Å². The largest absolute Gasteiger partial charge is 0.497 e. The van der Waals surface area contributed by atoms with Crippen molar-refractivity contribution in [3.8, 4) is 5.75 Å². The van der Waals surface area contributed by atoms with Crippen LogP contribution in [0.25, 0.3) is 0 Å². The monoisotopic (exact) mass is 527 g/mol. The van der Waals surface area contributed by atoms with Crippen LogP contribution in [0.5, 0.6) is 5.75 Å². The first-order valence-corrected chi connectivity index (χ1v) is 13.4. The van der Waals surface area contributed by atoms with Crippen molar-refractivity contribution in [2.24, 2.45) is 10.9 Å². The second kappa shape index (κ2) is 11.9. The summed E-state index contributed by atoms with van der Waals surface area (Å²) in [6.45, 7) is 5.02. The second-order valence-corrected chi connectivity index (χ2v) is 9.82. The lowest BCUT2D eigenvalue weighted by atomic mass is 9.92. The molecule has 3 aliphatic rings. The van der Waals surface area contributed by atoms with Crippen molar-refractivity contribution in [1.82, 2.24) is 9.80 Å². The molecule has 0 aliphatic carbocycles. The average Bonchev–Trinajstić information content (AvgIpc) is 3.33. The molecule has 0 radical (unpaired) electrons. The molecule has 198 valence electrons. The number of hydrogen-bond donors (Lipinski definition) is 0. The average molecular weight is 528 g/mol. The van der Waals surface area contributed by atoms with Gasteiger partial charge in [0.2, 0.25) is 5.91 Å². The van der Waals surface area contributed by atoms with Crippen LogP contribution in [0.1, 0.15) is 51.1 Å². The number of esters is 2. The zero-order valence-electron chi connectivity index (χ0n) is 21.7. The van der Waals surface area contributed by atoms with Crippen molar-refractivity contribution in [3.05, 3.63) is 52.2 Å². The van der Waals surface area contributed by atoms with E-state index in [1.807, 2.05) is 41.5 Å². The number of carbonyl (C=O) groups excluding carboxylic acids is 3. The lowest BCUT2D eigenvalue weighted by Gasteiger charge is -2.37. The maximum atomic E-state index is 13.4. The number of benzene rings is 1. The van der Waals surface area contributed by atoms with Crippen LogP contribution in [-0.2, 0) is 23.9 Å². The van der Waals surface area contributed by atoms with Gasteiger partial charge in [-0.05, 0) is 49.3 Å². The molecule has 9 nitrogen and oxygen atoms in total. The standard InChI is InChI=1S/C27H33N3O6S/c1-5-21-23(26(33)35-4)24(17-9-11-20(34-3)12-10-17)30-19(16-37-27(30)28-21)14-22(31)29-13-7-8-18(15-29)25(32)36-6-2/h9-12,16,18,24H,5-8,13-15H2,1-4H3/t18-,24-/m1/s1. The molecule has 0 unspecified atom stereocenters. The maximum Gasteiger partial charge on any atom is 0.338 e. The topological polar surface area (TPSA) is 97.7 Å². The zero-order valence-corrected chi connectivity index (χ0v) is 22.5. The Morgan fingerprint density at radius 1 is 1.14 bits per heavy atom. The number of allylic oxidation sites excluding steroid dienone is 1. The van der Waals surface area contributed by atoms with E-state index in [2.05, 4.69) is 0 Å². The number of amidine groups is 1. The summed E-state index contributed by atoms with van der Waals surface area (Å²) < 4.78 is 15.7. The smallest absolute Gasteiger partial charge is 0.338 e. The van der Waals surface area contributed by atoms with Crippen LogP contribution in [0.3, 0.4) is 0 Å². The van der Waals surface area contributed by atoms with Gasteiger partial charge in [-0.15, -0.1) is 0 Å². The van der Waals surface area contributed by atoms with Crippen LogP contribution in [0.2, 0.25) is 0 Å². The van der Waals surface area contributed by atoms with E-state index in [0.29, 0.717) is 43.1 Å². The van der Waals surface area contributed by atoms with E-state index in [4.69, 9.17) is 19.2 Å². The van der Waals surface area contributed by atoms with Crippen molar-refractivity contribution < 1.29 is 28.6 Å². The van der Waals surface area contributed by atoms with Gasteiger partial charge in [-0.2, -0.15) is 0 Å². The molecule has 10 heteroatoms. The molecule has 0 N–H and O–H groups in total. The van der Waals surface area contributed by atoms with E-state index >= 15 is 0 Å². The maximum absolute atomic E-state index is 13.4. The van der Waals surface area contributed by atoms with Gasteiger partial charge in [-0.3, -0.25) is 9.59 Å². The van der Waals surface area contributed by atoms with Gasteiger partial charge in [-0.1, -0.05) is 30.8 Å². The minimum absolute atomic E-state index is 0.0690. The zero-order chi connectivity index (χ0) is 26.5. The Hall–Kier alpha value is -3.27. The number of methoxy groups -OCH3 is 2. The van der Waals surface area contributed by atoms with Gasteiger partial charge in [0, 0.05) is 18.8 Å². The Balaban J connectivity index is 1.62. The molecule has 1 amide bonds. The van der Waals surface area contributed by atoms with Crippen molar-refractivity contribution in [2.75, 3.05) is 33.9 Å². The number of carbonyl (C=O) groups is 3. The molecule has 3 aliphatic heterocycles. The third-order valence-electron chi connectivity index (χ3n) is 6.79. The highest BCUT2D eigenvalue weighted by atomic mass is 32.2. The fraction of sp³-hybridized carbons (Fsp3) is 0.481. The first-order chi connectivity index (χ1) is 17.9. The molecule has 3 heterocycles. The van der Waals surface area contributed by atoms with E-state index < -0.39 is 12.0 Å². The summed E-state index contributed by atoms with van der Waals surface area (Å²) in [5, 5.41) is 2.64. The minimum Gasteiger partial charge on any atom is -0.497 e. The number of hydrogen-bond acceptors (Lipinski definition) is 9. The van der Waals surface area contributed by atoms with Crippen LogP contribution in [0.15, 0.2) is 51.6 Å². The van der Waals surface area contributed by atoms with Gasteiger partial charge in [0.05, 0.1) is 50.5 Å². The fourth-order valence-corrected chi connectivity index (χ4v) is 5.87. The fourth-order valence-electron chi connectivity index (χ4n) is 4.94. The highest BCUT2D eigenvalue weighted by molar-refractivity contribution is 8.16. The molecule has 2 atom stereocenters. The van der Waals surface area contributed by atoms with E-state index in [-0.39, 0.29) is 24.2 Å². The molecule has 0 spiro atoms. The third-order valence-corrected chi connectivity index (χ3v) is 7.68. The van der Waals surface area contributed by atoms with Gasteiger partial charge < -0.3 is 24.0 Å². The summed E-state index contributed by atoms with van der Waals surface area (Å²) in [7, 11) is 2.97. The van der Waals surface area contributed by atoms with Crippen LogP contribution >= 0.6 is 11.8 Å². The minimum atomic E-state index is -0.497. The normalized spacial score (nSPS) is 21.2. The van der Waals surface area contributed by atoms with Crippen LogP contribution in [-0.4, -0.2) is 66.7 Å². The number of likely N-dealkylation sites (tertiary alicyclic amines) is 1. The molecule has 0 saturated carbocycles. The summed E-state index contributed by atoms with van der Waals surface area (Å²) in [5.41, 5.74) is 2.74. The highest BCUT2D eigenvalue weighted by Gasteiger charge is 2.42. The number of amides is 1. The van der Waals surface area contributed by atoms with Crippen molar-refractivity contribution >= 4 is 34.8 Å². The summed E-state index contributed by atoms with van der Waals surface area (Å²) in [5.74, 6) is -0.363. The number of ether oxygens (including phenoxy) is 3.